The van der Waals surface area contributed by atoms with Crippen molar-refractivity contribution in [2.45, 2.75) is 72.1 Å². The van der Waals surface area contributed by atoms with Crippen molar-refractivity contribution in [3.05, 3.63) is 47.0 Å². The smallest absolute Gasteiger partial charge is 0.0395 e. The molecule has 0 aliphatic heterocycles. The van der Waals surface area contributed by atoms with Crippen LogP contribution >= 0.6 is 11.3 Å². The highest BCUT2D eigenvalue weighted by Gasteiger charge is 2.26. The minimum absolute atomic E-state index is 0.155. The molecule has 2 aromatic carbocycles. The molecule has 24 heavy (non-hydrogen) atoms. The molecule has 0 fully saturated rings. The van der Waals surface area contributed by atoms with Gasteiger partial charge >= 0.3 is 0 Å². The first kappa shape index (κ1) is 17.5. The van der Waals surface area contributed by atoms with Crippen molar-refractivity contribution in [3.8, 4) is 0 Å². The van der Waals surface area contributed by atoms with Crippen molar-refractivity contribution in [2.24, 2.45) is 0 Å². The summed E-state index contributed by atoms with van der Waals surface area (Å²) in [6, 6.07) is 11.6. The van der Waals surface area contributed by atoms with Gasteiger partial charge in [0.25, 0.3) is 0 Å². The minimum atomic E-state index is 0.155. The molecule has 0 N–H and O–H groups in total. The minimum Gasteiger partial charge on any atom is -0.135 e. The van der Waals surface area contributed by atoms with E-state index < -0.39 is 0 Å². The summed E-state index contributed by atoms with van der Waals surface area (Å²) in [5.74, 6) is 0.552. The van der Waals surface area contributed by atoms with Crippen LogP contribution in [0.2, 0.25) is 0 Å². The van der Waals surface area contributed by atoms with Crippen LogP contribution in [0.25, 0.3) is 20.2 Å². The molecular weight excluding hydrogens is 308 g/mol. The van der Waals surface area contributed by atoms with E-state index >= 15 is 0 Å². The number of rotatable bonds is 1. The maximum Gasteiger partial charge on any atom is 0.0395 e. The van der Waals surface area contributed by atoms with Gasteiger partial charge < -0.3 is 0 Å². The molecule has 128 valence electrons. The second-order valence-corrected chi connectivity index (χ2v) is 10.4. The van der Waals surface area contributed by atoms with Gasteiger partial charge in [0.05, 0.1) is 0 Å². The molecule has 0 amide bonds. The molecule has 1 aromatic heterocycles. The van der Waals surface area contributed by atoms with Crippen molar-refractivity contribution in [3.63, 3.8) is 0 Å². The van der Waals surface area contributed by atoms with E-state index in [9.17, 15) is 0 Å². The third-order valence-electron chi connectivity index (χ3n) is 4.88. The molecule has 0 atom stereocenters. The average molecular weight is 339 g/mol. The predicted octanol–water partition coefficient (Wildman–Crippen LogP) is 7.77. The van der Waals surface area contributed by atoms with Crippen LogP contribution in [0, 0.1) is 0 Å². The number of hydrogen-bond donors (Lipinski definition) is 0. The molecule has 0 saturated carbocycles. The molecule has 0 radical (unpaired) electrons. The van der Waals surface area contributed by atoms with Gasteiger partial charge in [-0.1, -0.05) is 79.7 Å². The molecule has 0 bridgehead atoms. The zero-order valence-electron chi connectivity index (χ0n) is 16.4. The monoisotopic (exact) mass is 338 g/mol. The molecule has 0 spiro atoms. The van der Waals surface area contributed by atoms with E-state index in [1.54, 1.807) is 0 Å². The fourth-order valence-electron chi connectivity index (χ4n) is 3.78. The highest BCUT2D eigenvalue weighted by atomic mass is 32.1. The van der Waals surface area contributed by atoms with Crippen molar-refractivity contribution < 1.29 is 0 Å². The first-order valence-electron chi connectivity index (χ1n) is 9.01. The van der Waals surface area contributed by atoms with Crippen molar-refractivity contribution in [1.82, 2.24) is 0 Å². The van der Waals surface area contributed by atoms with Gasteiger partial charge in [-0.3, -0.25) is 0 Å². The SMILES string of the molecule is CC(C)c1ccc2c(sc3cccc(C(C)(C)C)c32)c1C(C)(C)C. The highest BCUT2D eigenvalue weighted by molar-refractivity contribution is 7.26. The lowest BCUT2D eigenvalue weighted by molar-refractivity contribution is 0.584. The summed E-state index contributed by atoms with van der Waals surface area (Å²) in [6.45, 7) is 18.6. The fourth-order valence-corrected chi connectivity index (χ4v) is 5.28. The Balaban J connectivity index is 2.51. The van der Waals surface area contributed by atoms with Crippen LogP contribution in [0.1, 0.15) is 78.0 Å². The van der Waals surface area contributed by atoms with Crippen LogP contribution in [-0.4, -0.2) is 0 Å². The average Bonchev–Trinajstić information content (AvgIpc) is 2.81. The van der Waals surface area contributed by atoms with Crippen molar-refractivity contribution in [1.29, 1.82) is 0 Å². The van der Waals surface area contributed by atoms with E-state index in [1.807, 2.05) is 11.3 Å². The van der Waals surface area contributed by atoms with E-state index in [-0.39, 0.29) is 10.8 Å². The molecule has 0 unspecified atom stereocenters. The molecule has 0 saturated heterocycles. The summed E-state index contributed by atoms with van der Waals surface area (Å²) in [7, 11) is 0. The molecule has 0 aliphatic rings. The largest absolute Gasteiger partial charge is 0.135 e. The maximum atomic E-state index is 2.37. The zero-order chi connectivity index (χ0) is 17.9. The third-order valence-corrected chi connectivity index (χ3v) is 6.07. The zero-order valence-corrected chi connectivity index (χ0v) is 17.2. The third kappa shape index (κ3) is 2.77. The van der Waals surface area contributed by atoms with Gasteiger partial charge in [-0.05, 0) is 39.5 Å². The Labute approximate surface area is 150 Å². The second-order valence-electron chi connectivity index (χ2n) is 9.34. The van der Waals surface area contributed by atoms with Gasteiger partial charge in [0.1, 0.15) is 0 Å². The Morgan fingerprint density at radius 1 is 0.833 bits per heavy atom. The van der Waals surface area contributed by atoms with Crippen LogP contribution in [-0.2, 0) is 10.8 Å². The number of hydrogen-bond acceptors (Lipinski definition) is 1. The van der Waals surface area contributed by atoms with Crippen LogP contribution in [0.3, 0.4) is 0 Å². The quantitative estimate of drug-likeness (QED) is 0.425. The van der Waals surface area contributed by atoms with Gasteiger partial charge in [-0.25, -0.2) is 0 Å². The van der Waals surface area contributed by atoms with Gasteiger partial charge in [-0.15, -0.1) is 11.3 Å². The molecular formula is C23H30S. The van der Waals surface area contributed by atoms with Gasteiger partial charge in [0.2, 0.25) is 0 Å². The Hall–Kier alpha value is -1.34. The van der Waals surface area contributed by atoms with E-state index in [0.29, 0.717) is 5.92 Å². The molecule has 3 rings (SSSR count). The van der Waals surface area contributed by atoms with Crippen molar-refractivity contribution in [2.75, 3.05) is 0 Å². The molecule has 3 aromatic rings. The van der Waals surface area contributed by atoms with Gasteiger partial charge in [0, 0.05) is 20.2 Å². The number of fused-ring (bicyclic) bond motifs is 3. The Kier molecular flexibility index (Phi) is 4.07. The summed E-state index contributed by atoms with van der Waals surface area (Å²) in [5.41, 5.74) is 4.81. The fraction of sp³-hybridized carbons (Fsp3) is 0.478. The summed E-state index contributed by atoms with van der Waals surface area (Å²) in [4.78, 5) is 0. The van der Waals surface area contributed by atoms with Crippen LogP contribution in [0.5, 0.6) is 0 Å². The van der Waals surface area contributed by atoms with Crippen molar-refractivity contribution >= 4 is 31.5 Å². The first-order valence-corrected chi connectivity index (χ1v) is 9.82. The van der Waals surface area contributed by atoms with E-state index in [4.69, 9.17) is 0 Å². The molecule has 1 heteroatoms. The number of benzene rings is 2. The summed E-state index contributed by atoms with van der Waals surface area (Å²) in [5, 5.41) is 2.90. The van der Waals surface area contributed by atoms with Gasteiger partial charge in [0.15, 0.2) is 0 Å². The number of thiophene rings is 1. The van der Waals surface area contributed by atoms with Gasteiger partial charge in [-0.2, -0.15) is 0 Å². The Morgan fingerprint density at radius 3 is 2.04 bits per heavy atom. The Bertz CT molecular complexity index is 896. The highest BCUT2D eigenvalue weighted by Crippen LogP contribution is 2.46. The lowest BCUT2D eigenvalue weighted by Gasteiger charge is -2.26. The van der Waals surface area contributed by atoms with E-state index in [1.165, 1.54) is 36.9 Å². The van der Waals surface area contributed by atoms with E-state index in [2.05, 4.69) is 85.7 Å². The second kappa shape index (κ2) is 5.59. The lowest BCUT2D eigenvalue weighted by atomic mass is 9.79. The Morgan fingerprint density at radius 2 is 1.50 bits per heavy atom. The lowest BCUT2D eigenvalue weighted by Crippen LogP contribution is -2.15. The molecule has 0 nitrogen and oxygen atoms in total. The summed E-state index contributed by atoms with van der Waals surface area (Å²) in [6.07, 6.45) is 0. The topological polar surface area (TPSA) is 0 Å². The standard InChI is InChI=1S/C23H30S/c1-14(2)15-12-13-16-19-17(22(3,4)5)10-9-11-18(19)24-21(16)20(15)23(6,7)8/h9-14H,1-8H3. The predicted molar refractivity (Wildman–Crippen MR) is 111 cm³/mol. The van der Waals surface area contributed by atoms with E-state index in [0.717, 1.165) is 0 Å². The molecule has 0 aliphatic carbocycles. The van der Waals surface area contributed by atoms with Crippen LogP contribution < -0.4 is 0 Å². The first-order chi connectivity index (χ1) is 11.0. The molecule has 1 heterocycles. The summed E-state index contributed by atoms with van der Waals surface area (Å²) >= 11 is 1.98. The van der Waals surface area contributed by atoms with Crippen LogP contribution in [0.4, 0.5) is 0 Å². The summed E-state index contributed by atoms with van der Waals surface area (Å²) < 4.78 is 2.91. The van der Waals surface area contributed by atoms with Crippen LogP contribution in [0.15, 0.2) is 30.3 Å². The normalized spacial score (nSPS) is 13.4. The maximum absolute atomic E-state index is 2.37.